The summed E-state index contributed by atoms with van der Waals surface area (Å²) in [6.07, 6.45) is 2.55. The van der Waals surface area contributed by atoms with E-state index in [1.54, 1.807) is 6.08 Å². The van der Waals surface area contributed by atoms with Crippen molar-refractivity contribution in [1.82, 2.24) is 10.0 Å². The molecule has 16 heavy (non-hydrogen) atoms. The second-order valence-electron chi connectivity index (χ2n) is 3.26. The van der Waals surface area contributed by atoms with Gasteiger partial charge in [-0.1, -0.05) is 13.0 Å². The number of hydrogen-bond acceptors (Lipinski definition) is 4. The van der Waals surface area contributed by atoms with Crippen molar-refractivity contribution >= 4 is 10.0 Å². The summed E-state index contributed by atoms with van der Waals surface area (Å²) in [5, 5.41) is 2.96. The second-order valence-corrected chi connectivity index (χ2v) is 5.18. The maximum absolute atomic E-state index is 11.4. The number of nitrogens with one attached hydrogen (secondary N) is 2. The predicted octanol–water partition coefficient (Wildman–Crippen LogP) is 0.108. The lowest BCUT2D eigenvalue weighted by Gasteiger charge is -2.07. The van der Waals surface area contributed by atoms with Crippen molar-refractivity contribution < 1.29 is 13.2 Å². The molecule has 0 heterocycles. The molecule has 0 aromatic heterocycles. The first kappa shape index (κ1) is 15.6. The molecule has 0 radical (unpaired) electrons. The van der Waals surface area contributed by atoms with Crippen LogP contribution in [0.3, 0.4) is 0 Å². The smallest absolute Gasteiger partial charge is 0.212 e. The molecule has 0 amide bonds. The Morgan fingerprint density at radius 1 is 1.31 bits per heavy atom. The molecule has 0 unspecified atom stereocenters. The highest BCUT2D eigenvalue weighted by Gasteiger charge is 2.07. The fraction of sp³-hybridized carbons (Fsp3) is 0.800. The lowest BCUT2D eigenvalue weighted by atomic mass is 10.5. The first-order valence-corrected chi connectivity index (χ1v) is 7.14. The van der Waals surface area contributed by atoms with E-state index in [1.807, 2.05) is 6.92 Å². The van der Waals surface area contributed by atoms with E-state index in [1.165, 1.54) is 0 Å². The van der Waals surface area contributed by atoms with E-state index in [-0.39, 0.29) is 5.75 Å². The number of hydrogen-bond donors (Lipinski definition) is 2. The van der Waals surface area contributed by atoms with Crippen molar-refractivity contribution in [3.8, 4) is 0 Å². The summed E-state index contributed by atoms with van der Waals surface area (Å²) in [6.45, 7) is 8.06. The van der Waals surface area contributed by atoms with Crippen LogP contribution in [-0.2, 0) is 14.8 Å². The first-order valence-electron chi connectivity index (χ1n) is 5.49. The topological polar surface area (TPSA) is 67.4 Å². The summed E-state index contributed by atoms with van der Waals surface area (Å²) < 4.78 is 30.4. The minimum Gasteiger partial charge on any atom is -0.380 e. The van der Waals surface area contributed by atoms with Crippen LogP contribution < -0.4 is 10.0 Å². The molecule has 0 rings (SSSR count). The summed E-state index contributed by atoms with van der Waals surface area (Å²) in [4.78, 5) is 0. The molecular formula is C10H22N2O3S. The summed E-state index contributed by atoms with van der Waals surface area (Å²) in [6, 6.07) is 0. The normalized spacial score (nSPS) is 11.6. The van der Waals surface area contributed by atoms with Gasteiger partial charge in [0.2, 0.25) is 10.0 Å². The molecule has 2 N–H and O–H groups in total. The van der Waals surface area contributed by atoms with Crippen LogP contribution in [0.2, 0.25) is 0 Å². The standard InChI is InChI=1S/C10H22N2O3S/c1-3-5-8-15-9-6-12-16(13,14)10-7-11-4-2/h3,11-12H,1,4-10H2,2H3. The molecule has 0 aliphatic rings. The maximum Gasteiger partial charge on any atom is 0.212 e. The third-order valence-electron chi connectivity index (χ3n) is 1.83. The molecule has 0 aromatic rings. The minimum atomic E-state index is -3.16. The van der Waals surface area contributed by atoms with Gasteiger partial charge < -0.3 is 10.1 Å². The molecule has 6 heteroatoms. The molecular weight excluding hydrogens is 228 g/mol. The van der Waals surface area contributed by atoms with Crippen molar-refractivity contribution in [2.75, 3.05) is 38.6 Å². The molecule has 5 nitrogen and oxygen atoms in total. The Bertz CT molecular complexity index is 265. The van der Waals surface area contributed by atoms with E-state index >= 15 is 0 Å². The third kappa shape index (κ3) is 10.1. The van der Waals surface area contributed by atoms with Crippen molar-refractivity contribution in [3.05, 3.63) is 12.7 Å². The molecule has 0 fully saturated rings. The molecule has 0 bridgehead atoms. The van der Waals surface area contributed by atoms with Crippen molar-refractivity contribution in [2.45, 2.75) is 13.3 Å². The summed E-state index contributed by atoms with van der Waals surface area (Å²) in [5.41, 5.74) is 0. The largest absolute Gasteiger partial charge is 0.380 e. The van der Waals surface area contributed by atoms with Gasteiger partial charge in [0.25, 0.3) is 0 Å². The van der Waals surface area contributed by atoms with Crippen LogP contribution in [0.15, 0.2) is 12.7 Å². The van der Waals surface area contributed by atoms with Crippen LogP contribution in [-0.4, -0.2) is 47.0 Å². The van der Waals surface area contributed by atoms with Gasteiger partial charge in [-0.05, 0) is 13.0 Å². The third-order valence-corrected chi connectivity index (χ3v) is 3.22. The van der Waals surface area contributed by atoms with Gasteiger partial charge in [-0.2, -0.15) is 0 Å². The average Bonchev–Trinajstić information content (AvgIpc) is 2.23. The second kappa shape index (κ2) is 9.77. The molecule has 96 valence electrons. The highest BCUT2D eigenvalue weighted by molar-refractivity contribution is 7.89. The zero-order chi connectivity index (χ0) is 12.3. The Hall–Kier alpha value is -0.430. The van der Waals surface area contributed by atoms with E-state index in [9.17, 15) is 8.42 Å². The Morgan fingerprint density at radius 2 is 2.06 bits per heavy atom. The average molecular weight is 250 g/mol. The SMILES string of the molecule is C=CCCOCCNS(=O)(=O)CCNCC. The lowest BCUT2D eigenvalue weighted by molar-refractivity contribution is 0.144. The molecule has 0 aromatic carbocycles. The van der Waals surface area contributed by atoms with Crippen LogP contribution in [0.4, 0.5) is 0 Å². The van der Waals surface area contributed by atoms with Crippen LogP contribution in [0.1, 0.15) is 13.3 Å². The first-order chi connectivity index (χ1) is 7.62. The maximum atomic E-state index is 11.4. The van der Waals surface area contributed by atoms with Crippen molar-refractivity contribution in [1.29, 1.82) is 0 Å². The highest BCUT2D eigenvalue weighted by Crippen LogP contribution is 1.85. The number of rotatable bonds is 11. The fourth-order valence-corrected chi connectivity index (χ4v) is 1.95. The van der Waals surface area contributed by atoms with E-state index in [0.29, 0.717) is 26.3 Å². The Morgan fingerprint density at radius 3 is 2.69 bits per heavy atom. The van der Waals surface area contributed by atoms with Gasteiger partial charge in [0.05, 0.1) is 19.0 Å². The molecule has 0 saturated carbocycles. The van der Waals surface area contributed by atoms with Crippen LogP contribution in [0.5, 0.6) is 0 Å². The van der Waals surface area contributed by atoms with Crippen molar-refractivity contribution in [3.63, 3.8) is 0 Å². The zero-order valence-corrected chi connectivity index (χ0v) is 10.7. The zero-order valence-electron chi connectivity index (χ0n) is 9.87. The minimum absolute atomic E-state index is 0.105. The van der Waals surface area contributed by atoms with Gasteiger partial charge in [-0.3, -0.25) is 0 Å². The van der Waals surface area contributed by atoms with Gasteiger partial charge in [0.15, 0.2) is 0 Å². The Labute approximate surface area is 98.3 Å². The Kier molecular flexibility index (Phi) is 9.51. The van der Waals surface area contributed by atoms with Gasteiger partial charge >= 0.3 is 0 Å². The quantitative estimate of drug-likeness (QED) is 0.403. The predicted molar refractivity (Wildman–Crippen MR) is 66.0 cm³/mol. The highest BCUT2D eigenvalue weighted by atomic mass is 32.2. The molecule has 0 saturated heterocycles. The molecule has 0 atom stereocenters. The monoisotopic (exact) mass is 250 g/mol. The summed E-state index contributed by atoms with van der Waals surface area (Å²) in [5.74, 6) is 0.105. The summed E-state index contributed by atoms with van der Waals surface area (Å²) >= 11 is 0. The van der Waals surface area contributed by atoms with Gasteiger partial charge in [-0.25, -0.2) is 13.1 Å². The van der Waals surface area contributed by atoms with Gasteiger partial charge in [0.1, 0.15) is 0 Å². The number of sulfonamides is 1. The van der Waals surface area contributed by atoms with Crippen molar-refractivity contribution in [2.24, 2.45) is 0 Å². The lowest BCUT2D eigenvalue weighted by Crippen LogP contribution is -2.33. The van der Waals surface area contributed by atoms with E-state index < -0.39 is 10.0 Å². The molecule has 0 aliphatic carbocycles. The van der Waals surface area contributed by atoms with E-state index in [4.69, 9.17) is 4.74 Å². The van der Waals surface area contributed by atoms with Crippen LogP contribution in [0.25, 0.3) is 0 Å². The molecule has 0 aliphatic heterocycles. The molecule has 0 spiro atoms. The van der Waals surface area contributed by atoms with E-state index in [2.05, 4.69) is 16.6 Å². The van der Waals surface area contributed by atoms with E-state index in [0.717, 1.165) is 13.0 Å². The van der Waals surface area contributed by atoms with Gasteiger partial charge in [0, 0.05) is 13.1 Å². The van der Waals surface area contributed by atoms with Crippen LogP contribution >= 0.6 is 0 Å². The summed E-state index contributed by atoms with van der Waals surface area (Å²) in [7, 11) is -3.16. The Balaban J connectivity index is 3.47. The van der Waals surface area contributed by atoms with Gasteiger partial charge in [-0.15, -0.1) is 6.58 Å². The van der Waals surface area contributed by atoms with Crippen LogP contribution in [0, 0.1) is 0 Å². The number of ether oxygens (including phenoxy) is 1. The fourth-order valence-electron chi connectivity index (χ4n) is 0.994.